The third kappa shape index (κ3) is 2.80. The molecule has 1 aromatic heterocycles. The van der Waals surface area contributed by atoms with Crippen molar-refractivity contribution in [3.05, 3.63) is 53.7 Å². The van der Waals surface area contributed by atoms with Crippen molar-refractivity contribution in [2.24, 2.45) is 0 Å². The number of aryl methyl sites for hydroxylation is 1. The second kappa shape index (κ2) is 5.99. The lowest BCUT2D eigenvalue weighted by Crippen LogP contribution is -2.28. The van der Waals surface area contributed by atoms with Crippen LogP contribution in [0.1, 0.15) is 37.3 Å². The fourth-order valence-electron chi connectivity index (χ4n) is 3.49. The van der Waals surface area contributed by atoms with Crippen molar-refractivity contribution >= 4 is 17.0 Å². The van der Waals surface area contributed by atoms with Crippen LogP contribution in [0.3, 0.4) is 0 Å². The SMILES string of the molecule is CC(=O)N1CCCC1c1nc2cc(-c3ccc(F)c(C)c3)ccc2o1. The number of carbonyl (C=O) groups excluding carboxylic acids is 1. The number of aromatic nitrogens is 1. The normalized spacial score (nSPS) is 17.4. The number of rotatable bonds is 2. The number of hydrogen-bond donors (Lipinski definition) is 0. The molecular formula is C20H19FN2O2. The Morgan fingerprint density at radius 2 is 2.00 bits per heavy atom. The first-order chi connectivity index (χ1) is 12.0. The first kappa shape index (κ1) is 15.8. The summed E-state index contributed by atoms with van der Waals surface area (Å²) in [4.78, 5) is 18.2. The summed E-state index contributed by atoms with van der Waals surface area (Å²) in [5, 5.41) is 0. The minimum atomic E-state index is -0.209. The molecule has 4 nitrogen and oxygen atoms in total. The Kier molecular flexibility index (Phi) is 3.79. The van der Waals surface area contributed by atoms with Gasteiger partial charge in [0.2, 0.25) is 11.8 Å². The standard InChI is InChI=1S/C20H19FN2O2/c1-12-10-14(5-7-16(12)21)15-6-8-19-17(11-15)22-20(25-19)18-4-3-9-23(18)13(2)24/h5-8,10-11,18H,3-4,9H2,1-2H3. The van der Waals surface area contributed by atoms with Gasteiger partial charge >= 0.3 is 0 Å². The first-order valence-electron chi connectivity index (χ1n) is 8.47. The zero-order valence-electron chi connectivity index (χ0n) is 14.3. The fraction of sp³-hybridized carbons (Fsp3) is 0.300. The summed E-state index contributed by atoms with van der Waals surface area (Å²) in [5.74, 6) is 0.432. The zero-order chi connectivity index (χ0) is 17.6. The molecule has 1 fully saturated rings. The van der Waals surface area contributed by atoms with E-state index in [0.717, 1.165) is 36.0 Å². The molecule has 2 aromatic carbocycles. The van der Waals surface area contributed by atoms with Gasteiger partial charge in [0, 0.05) is 13.5 Å². The van der Waals surface area contributed by atoms with Crippen LogP contribution in [0.2, 0.25) is 0 Å². The summed E-state index contributed by atoms with van der Waals surface area (Å²) in [7, 11) is 0. The van der Waals surface area contributed by atoms with Gasteiger partial charge in [-0.25, -0.2) is 9.37 Å². The van der Waals surface area contributed by atoms with E-state index in [-0.39, 0.29) is 17.8 Å². The highest BCUT2D eigenvalue weighted by Gasteiger charge is 2.31. The van der Waals surface area contributed by atoms with Crippen molar-refractivity contribution in [1.82, 2.24) is 9.88 Å². The van der Waals surface area contributed by atoms with Gasteiger partial charge in [0.15, 0.2) is 5.58 Å². The van der Waals surface area contributed by atoms with Crippen LogP contribution in [-0.2, 0) is 4.79 Å². The Labute approximate surface area is 145 Å². The second-order valence-corrected chi connectivity index (χ2v) is 6.57. The van der Waals surface area contributed by atoms with Crippen LogP contribution in [0.4, 0.5) is 4.39 Å². The number of benzene rings is 2. The Bertz CT molecular complexity index is 963. The molecule has 0 spiro atoms. The maximum absolute atomic E-state index is 13.5. The molecule has 1 aliphatic heterocycles. The molecule has 1 unspecified atom stereocenters. The highest BCUT2D eigenvalue weighted by molar-refractivity contribution is 5.81. The number of likely N-dealkylation sites (tertiary alicyclic amines) is 1. The lowest BCUT2D eigenvalue weighted by molar-refractivity contribution is -0.130. The maximum Gasteiger partial charge on any atom is 0.220 e. The Morgan fingerprint density at radius 1 is 1.24 bits per heavy atom. The number of fused-ring (bicyclic) bond motifs is 1. The smallest absolute Gasteiger partial charge is 0.220 e. The van der Waals surface area contributed by atoms with Crippen molar-refractivity contribution in [1.29, 1.82) is 0 Å². The molecule has 3 aromatic rings. The molecular weight excluding hydrogens is 319 g/mol. The summed E-state index contributed by atoms with van der Waals surface area (Å²) < 4.78 is 19.4. The third-order valence-electron chi connectivity index (χ3n) is 4.84. The number of hydrogen-bond acceptors (Lipinski definition) is 3. The lowest BCUT2D eigenvalue weighted by atomic mass is 10.0. The Hall–Kier alpha value is -2.69. The number of nitrogens with zero attached hydrogens (tertiary/aromatic N) is 2. The van der Waals surface area contributed by atoms with E-state index < -0.39 is 0 Å². The number of carbonyl (C=O) groups is 1. The second-order valence-electron chi connectivity index (χ2n) is 6.57. The summed E-state index contributed by atoms with van der Waals surface area (Å²) >= 11 is 0. The molecule has 0 saturated carbocycles. The molecule has 0 N–H and O–H groups in total. The fourth-order valence-corrected chi connectivity index (χ4v) is 3.49. The molecule has 0 radical (unpaired) electrons. The molecule has 0 bridgehead atoms. The maximum atomic E-state index is 13.5. The van der Waals surface area contributed by atoms with E-state index >= 15 is 0 Å². The summed E-state index contributed by atoms with van der Waals surface area (Å²) in [6.07, 6.45) is 1.83. The van der Waals surface area contributed by atoms with Crippen LogP contribution in [-0.4, -0.2) is 22.3 Å². The molecule has 1 atom stereocenters. The van der Waals surface area contributed by atoms with E-state index in [0.29, 0.717) is 17.0 Å². The van der Waals surface area contributed by atoms with E-state index in [1.54, 1.807) is 19.9 Å². The molecule has 1 saturated heterocycles. The van der Waals surface area contributed by atoms with Crippen LogP contribution in [0.25, 0.3) is 22.2 Å². The van der Waals surface area contributed by atoms with Crippen LogP contribution in [0.15, 0.2) is 40.8 Å². The van der Waals surface area contributed by atoms with Crippen molar-refractivity contribution in [3.8, 4) is 11.1 Å². The predicted molar refractivity (Wildman–Crippen MR) is 93.5 cm³/mol. The first-order valence-corrected chi connectivity index (χ1v) is 8.47. The highest BCUT2D eigenvalue weighted by Crippen LogP contribution is 2.34. The van der Waals surface area contributed by atoms with Crippen molar-refractivity contribution < 1.29 is 13.6 Å². The summed E-state index contributed by atoms with van der Waals surface area (Å²) in [5.41, 5.74) is 3.97. The molecule has 25 heavy (non-hydrogen) atoms. The average Bonchev–Trinajstić information content (AvgIpc) is 3.22. The van der Waals surface area contributed by atoms with Crippen LogP contribution >= 0.6 is 0 Å². The van der Waals surface area contributed by atoms with Gasteiger partial charge in [-0.05, 0) is 60.7 Å². The van der Waals surface area contributed by atoms with E-state index in [9.17, 15) is 9.18 Å². The van der Waals surface area contributed by atoms with E-state index in [1.807, 2.05) is 29.2 Å². The third-order valence-corrected chi connectivity index (χ3v) is 4.84. The van der Waals surface area contributed by atoms with Crippen LogP contribution in [0.5, 0.6) is 0 Å². The topological polar surface area (TPSA) is 46.3 Å². The number of amides is 1. The van der Waals surface area contributed by atoms with Crippen molar-refractivity contribution in [2.75, 3.05) is 6.54 Å². The molecule has 1 amide bonds. The summed E-state index contributed by atoms with van der Waals surface area (Å²) in [6.45, 7) is 4.08. The highest BCUT2D eigenvalue weighted by atomic mass is 19.1. The van der Waals surface area contributed by atoms with Gasteiger partial charge in [-0.2, -0.15) is 0 Å². The average molecular weight is 338 g/mol. The van der Waals surface area contributed by atoms with Gasteiger partial charge < -0.3 is 9.32 Å². The molecule has 1 aliphatic rings. The van der Waals surface area contributed by atoms with Crippen LogP contribution in [0, 0.1) is 12.7 Å². The molecule has 0 aliphatic carbocycles. The van der Waals surface area contributed by atoms with E-state index in [2.05, 4.69) is 4.98 Å². The van der Waals surface area contributed by atoms with E-state index in [4.69, 9.17) is 4.42 Å². The Balaban J connectivity index is 1.72. The zero-order valence-corrected chi connectivity index (χ0v) is 14.3. The van der Waals surface area contributed by atoms with Gasteiger partial charge in [-0.3, -0.25) is 4.79 Å². The monoisotopic (exact) mass is 338 g/mol. The number of oxazole rings is 1. The predicted octanol–water partition coefficient (Wildman–Crippen LogP) is 4.63. The minimum absolute atomic E-state index is 0.0484. The lowest BCUT2D eigenvalue weighted by Gasteiger charge is -2.19. The van der Waals surface area contributed by atoms with Gasteiger partial charge in [-0.15, -0.1) is 0 Å². The number of halogens is 1. The minimum Gasteiger partial charge on any atom is -0.438 e. The van der Waals surface area contributed by atoms with Crippen LogP contribution < -0.4 is 0 Å². The molecule has 5 heteroatoms. The van der Waals surface area contributed by atoms with Crippen molar-refractivity contribution in [2.45, 2.75) is 32.7 Å². The Morgan fingerprint density at radius 3 is 2.76 bits per heavy atom. The van der Waals surface area contributed by atoms with Gasteiger partial charge in [0.1, 0.15) is 17.4 Å². The molecule has 2 heterocycles. The van der Waals surface area contributed by atoms with Crippen molar-refractivity contribution in [3.63, 3.8) is 0 Å². The largest absolute Gasteiger partial charge is 0.438 e. The molecule has 128 valence electrons. The van der Waals surface area contributed by atoms with E-state index in [1.165, 1.54) is 6.07 Å². The van der Waals surface area contributed by atoms with Gasteiger partial charge in [-0.1, -0.05) is 12.1 Å². The van der Waals surface area contributed by atoms with Gasteiger partial charge in [0.25, 0.3) is 0 Å². The van der Waals surface area contributed by atoms with Gasteiger partial charge in [0.05, 0.1) is 0 Å². The summed E-state index contributed by atoms with van der Waals surface area (Å²) in [6, 6.07) is 10.8. The molecule has 4 rings (SSSR count). The quantitative estimate of drug-likeness (QED) is 0.684.